The molecular formula is C28H24N2S2. The average Bonchev–Trinajstić information content (AvgIpc) is 3.27. The van der Waals surface area contributed by atoms with Gasteiger partial charge in [0.25, 0.3) is 0 Å². The van der Waals surface area contributed by atoms with Crippen molar-refractivity contribution < 1.29 is 0 Å². The summed E-state index contributed by atoms with van der Waals surface area (Å²) >= 11 is 3.69. The van der Waals surface area contributed by atoms with Crippen LogP contribution in [0.5, 0.6) is 0 Å². The van der Waals surface area contributed by atoms with Gasteiger partial charge in [0.1, 0.15) is 6.33 Å². The number of thiophene rings is 2. The Labute approximate surface area is 195 Å². The molecule has 0 saturated carbocycles. The minimum Gasteiger partial charge on any atom is -0.235 e. The Kier molecular flexibility index (Phi) is 4.24. The highest BCUT2D eigenvalue weighted by molar-refractivity contribution is 7.26. The Bertz CT molecular complexity index is 1680. The first kappa shape index (κ1) is 19.8. The number of benzene rings is 3. The summed E-state index contributed by atoms with van der Waals surface area (Å²) in [5.41, 5.74) is 6.03. The van der Waals surface area contributed by atoms with E-state index in [2.05, 4.69) is 83.1 Å². The van der Waals surface area contributed by atoms with E-state index in [1.165, 1.54) is 57.2 Å². The Morgan fingerprint density at radius 3 is 2.38 bits per heavy atom. The fourth-order valence-electron chi connectivity index (χ4n) is 4.68. The van der Waals surface area contributed by atoms with Crippen LogP contribution in [0.3, 0.4) is 0 Å². The van der Waals surface area contributed by atoms with Gasteiger partial charge >= 0.3 is 0 Å². The van der Waals surface area contributed by atoms with Gasteiger partial charge in [0.15, 0.2) is 0 Å². The van der Waals surface area contributed by atoms with E-state index in [0.717, 1.165) is 11.2 Å². The fourth-order valence-corrected chi connectivity index (χ4v) is 7.04. The number of aromatic nitrogens is 2. The smallest absolute Gasteiger partial charge is 0.116 e. The van der Waals surface area contributed by atoms with Crippen molar-refractivity contribution in [1.82, 2.24) is 9.97 Å². The molecule has 3 aromatic carbocycles. The van der Waals surface area contributed by atoms with Crippen LogP contribution >= 0.6 is 22.7 Å². The predicted molar refractivity (Wildman–Crippen MR) is 141 cm³/mol. The van der Waals surface area contributed by atoms with Crippen LogP contribution in [0.2, 0.25) is 0 Å². The van der Waals surface area contributed by atoms with Crippen LogP contribution in [-0.4, -0.2) is 9.97 Å². The number of rotatable bonds is 1. The lowest BCUT2D eigenvalue weighted by molar-refractivity contribution is 0.596. The van der Waals surface area contributed by atoms with E-state index in [1.807, 2.05) is 22.7 Å². The van der Waals surface area contributed by atoms with Crippen molar-refractivity contribution in [3.63, 3.8) is 0 Å². The SMILES string of the molecule is Cc1sc2cc3sc4c(-c5cc(C(C)(C)C)c6ccccc6c5)ncnc4c3cc2c1C. The van der Waals surface area contributed by atoms with Crippen LogP contribution in [0.1, 0.15) is 36.8 Å². The largest absolute Gasteiger partial charge is 0.235 e. The molecule has 0 bridgehead atoms. The lowest BCUT2D eigenvalue weighted by Crippen LogP contribution is -2.12. The molecule has 0 spiro atoms. The first-order valence-electron chi connectivity index (χ1n) is 10.9. The molecule has 0 atom stereocenters. The van der Waals surface area contributed by atoms with Crippen LogP contribution in [-0.2, 0) is 5.41 Å². The molecule has 0 saturated heterocycles. The van der Waals surface area contributed by atoms with Crippen molar-refractivity contribution in [3.05, 3.63) is 70.9 Å². The van der Waals surface area contributed by atoms with Crippen molar-refractivity contribution in [3.8, 4) is 11.3 Å². The Morgan fingerprint density at radius 2 is 1.56 bits per heavy atom. The van der Waals surface area contributed by atoms with Crippen molar-refractivity contribution in [2.24, 2.45) is 0 Å². The third-order valence-corrected chi connectivity index (χ3v) is 8.81. The zero-order chi connectivity index (χ0) is 22.2. The number of aryl methyl sites for hydroxylation is 2. The molecule has 0 aliphatic carbocycles. The van der Waals surface area contributed by atoms with Gasteiger partial charge < -0.3 is 0 Å². The Morgan fingerprint density at radius 1 is 0.781 bits per heavy atom. The van der Waals surface area contributed by atoms with Gasteiger partial charge in [-0.15, -0.1) is 22.7 Å². The van der Waals surface area contributed by atoms with E-state index in [0.29, 0.717) is 0 Å². The van der Waals surface area contributed by atoms with Gasteiger partial charge in [0.2, 0.25) is 0 Å². The second-order valence-electron chi connectivity index (χ2n) is 9.62. The standard InChI is InChI=1S/C28H24N2S2/c1-15-16(2)31-23-13-24-21(12-20(15)23)26-27(32-24)25(29-14-30-26)18-10-17-8-6-7-9-19(17)22(11-18)28(3,4)5/h6-14H,1-5H3. The molecule has 0 radical (unpaired) electrons. The summed E-state index contributed by atoms with van der Waals surface area (Å²) in [6.45, 7) is 11.3. The molecule has 0 aliphatic rings. The molecule has 4 heteroatoms. The maximum atomic E-state index is 4.79. The molecule has 0 N–H and O–H groups in total. The summed E-state index contributed by atoms with van der Waals surface area (Å²) < 4.78 is 3.81. The predicted octanol–water partition coefficient (Wildman–Crippen LogP) is 8.79. The third kappa shape index (κ3) is 2.90. The van der Waals surface area contributed by atoms with Crippen molar-refractivity contribution in [2.75, 3.05) is 0 Å². The van der Waals surface area contributed by atoms with Crippen LogP contribution in [0.25, 0.3) is 52.4 Å². The van der Waals surface area contributed by atoms with Crippen molar-refractivity contribution >= 4 is 63.8 Å². The van der Waals surface area contributed by atoms with Crippen LogP contribution < -0.4 is 0 Å². The van der Waals surface area contributed by atoms with Gasteiger partial charge in [-0.25, -0.2) is 9.97 Å². The molecule has 6 rings (SSSR count). The number of nitrogens with zero attached hydrogens (tertiary/aromatic N) is 2. The van der Waals surface area contributed by atoms with E-state index in [-0.39, 0.29) is 5.41 Å². The molecule has 2 nitrogen and oxygen atoms in total. The Balaban J connectivity index is 1.67. The monoisotopic (exact) mass is 452 g/mol. The van der Waals surface area contributed by atoms with E-state index in [9.17, 15) is 0 Å². The summed E-state index contributed by atoms with van der Waals surface area (Å²) in [4.78, 5) is 10.9. The quantitative estimate of drug-likeness (QED) is 0.249. The highest BCUT2D eigenvalue weighted by Crippen LogP contribution is 2.43. The first-order chi connectivity index (χ1) is 15.3. The lowest BCUT2D eigenvalue weighted by atomic mass is 9.82. The van der Waals surface area contributed by atoms with Gasteiger partial charge in [-0.05, 0) is 70.8 Å². The zero-order valence-corrected chi connectivity index (χ0v) is 20.5. The zero-order valence-electron chi connectivity index (χ0n) is 18.9. The van der Waals surface area contributed by atoms with Crippen molar-refractivity contribution in [1.29, 1.82) is 0 Å². The normalized spacial score (nSPS) is 12.5. The molecular weight excluding hydrogens is 428 g/mol. The summed E-state index contributed by atoms with van der Waals surface area (Å²) in [7, 11) is 0. The van der Waals surface area contributed by atoms with Gasteiger partial charge in [-0.3, -0.25) is 0 Å². The van der Waals surface area contributed by atoms with Gasteiger partial charge in [0.05, 0.1) is 15.9 Å². The number of hydrogen-bond acceptors (Lipinski definition) is 4. The molecule has 0 fully saturated rings. The first-order valence-corrected chi connectivity index (χ1v) is 12.5. The number of hydrogen-bond donors (Lipinski definition) is 0. The molecule has 3 heterocycles. The highest BCUT2D eigenvalue weighted by Gasteiger charge is 2.21. The topological polar surface area (TPSA) is 25.8 Å². The van der Waals surface area contributed by atoms with E-state index >= 15 is 0 Å². The molecule has 0 amide bonds. The minimum absolute atomic E-state index is 0.0433. The highest BCUT2D eigenvalue weighted by atomic mass is 32.1. The second kappa shape index (κ2) is 6.84. The van der Waals surface area contributed by atoms with Crippen LogP contribution in [0, 0.1) is 13.8 Å². The van der Waals surface area contributed by atoms with Gasteiger partial charge in [-0.2, -0.15) is 0 Å². The minimum atomic E-state index is 0.0433. The maximum absolute atomic E-state index is 4.79. The van der Waals surface area contributed by atoms with E-state index in [4.69, 9.17) is 9.97 Å². The molecule has 6 aromatic rings. The lowest BCUT2D eigenvalue weighted by Gasteiger charge is -2.22. The third-order valence-electron chi connectivity index (χ3n) is 6.49. The van der Waals surface area contributed by atoms with E-state index < -0.39 is 0 Å². The Hall–Kier alpha value is -2.82. The summed E-state index contributed by atoms with van der Waals surface area (Å²) in [6, 6.07) is 18.0. The molecule has 3 aromatic heterocycles. The van der Waals surface area contributed by atoms with Gasteiger partial charge in [-0.1, -0.05) is 45.0 Å². The summed E-state index contributed by atoms with van der Waals surface area (Å²) in [6.07, 6.45) is 1.73. The maximum Gasteiger partial charge on any atom is 0.116 e. The van der Waals surface area contributed by atoms with Crippen LogP contribution in [0.4, 0.5) is 0 Å². The van der Waals surface area contributed by atoms with Crippen molar-refractivity contribution in [2.45, 2.75) is 40.0 Å². The number of fused-ring (bicyclic) bond motifs is 5. The van der Waals surface area contributed by atoms with Gasteiger partial charge in [0, 0.05) is 25.2 Å². The molecule has 0 aliphatic heterocycles. The molecule has 32 heavy (non-hydrogen) atoms. The molecule has 0 unspecified atom stereocenters. The summed E-state index contributed by atoms with van der Waals surface area (Å²) in [5, 5.41) is 5.16. The van der Waals surface area contributed by atoms with Crippen LogP contribution in [0.15, 0.2) is 54.9 Å². The molecule has 158 valence electrons. The second-order valence-corrected chi connectivity index (χ2v) is 11.9. The summed E-state index contributed by atoms with van der Waals surface area (Å²) in [5.74, 6) is 0. The fraction of sp³-hybridized carbons (Fsp3) is 0.214. The van der Waals surface area contributed by atoms with E-state index in [1.54, 1.807) is 6.33 Å². The average molecular weight is 453 g/mol.